The number of hydrogen-bond acceptors (Lipinski definition) is 5. The van der Waals surface area contributed by atoms with Gasteiger partial charge in [0.2, 0.25) is 5.91 Å². The molecule has 3 atom stereocenters. The lowest BCUT2D eigenvalue weighted by molar-refractivity contribution is -0.132. The molecule has 0 bridgehead atoms. The first-order valence-electron chi connectivity index (χ1n) is 10.3. The number of carbonyl (C=O) groups excluding carboxylic acids is 1. The third-order valence-electron chi connectivity index (χ3n) is 6.37. The van der Waals surface area contributed by atoms with Gasteiger partial charge in [-0.25, -0.2) is 4.39 Å². The molecule has 1 aliphatic carbocycles. The van der Waals surface area contributed by atoms with Crippen molar-refractivity contribution in [2.24, 2.45) is 5.92 Å². The summed E-state index contributed by atoms with van der Waals surface area (Å²) in [6.45, 7) is 2.83. The maximum atomic E-state index is 14.3. The lowest BCUT2D eigenvalue weighted by Crippen LogP contribution is -2.62. The van der Waals surface area contributed by atoms with Gasteiger partial charge in [0.15, 0.2) is 0 Å². The van der Waals surface area contributed by atoms with Crippen LogP contribution in [0.2, 0.25) is 0 Å². The van der Waals surface area contributed by atoms with Crippen LogP contribution in [0.3, 0.4) is 0 Å². The molecule has 1 saturated heterocycles. The molecule has 3 heterocycles. The Balaban J connectivity index is 1.63. The Morgan fingerprint density at radius 1 is 1.41 bits per heavy atom. The monoisotopic (exact) mass is 417 g/mol. The molecule has 2 aromatic rings. The molecule has 0 radical (unpaired) electrons. The summed E-state index contributed by atoms with van der Waals surface area (Å²) in [6.07, 6.45) is 7.33. The largest absolute Gasteiger partial charge is 0.388 e. The zero-order valence-electron chi connectivity index (χ0n) is 16.7. The van der Waals surface area contributed by atoms with Gasteiger partial charge in [0.25, 0.3) is 0 Å². The minimum Gasteiger partial charge on any atom is -0.388 e. The number of thiophene rings is 1. The van der Waals surface area contributed by atoms with Crippen LogP contribution in [0.4, 0.5) is 4.39 Å². The number of aromatic nitrogens is 1. The van der Waals surface area contributed by atoms with E-state index in [-0.39, 0.29) is 23.7 Å². The number of aliphatic hydroxyl groups is 1. The van der Waals surface area contributed by atoms with Crippen LogP contribution in [0.5, 0.6) is 0 Å². The molecule has 2 N–H and O–H groups in total. The highest BCUT2D eigenvalue weighted by Crippen LogP contribution is 2.40. The van der Waals surface area contributed by atoms with E-state index in [1.54, 1.807) is 30.5 Å². The number of nitrogens with zero attached hydrogens (tertiary/aromatic N) is 2. The Bertz CT molecular complexity index is 836. The van der Waals surface area contributed by atoms with E-state index in [2.05, 4.69) is 15.2 Å². The second kappa shape index (κ2) is 8.50. The Morgan fingerprint density at radius 2 is 2.21 bits per heavy atom. The van der Waals surface area contributed by atoms with Gasteiger partial charge in [0.05, 0.1) is 23.9 Å². The molecule has 1 amide bonds. The summed E-state index contributed by atoms with van der Waals surface area (Å²) in [5.74, 6) is -0.268. The van der Waals surface area contributed by atoms with Gasteiger partial charge < -0.3 is 10.4 Å². The molecule has 29 heavy (non-hydrogen) atoms. The van der Waals surface area contributed by atoms with Crippen LogP contribution in [-0.2, 0) is 11.3 Å². The molecule has 4 rings (SSSR count). The molecule has 7 heteroatoms. The van der Waals surface area contributed by atoms with Gasteiger partial charge in [-0.1, -0.05) is 18.9 Å². The zero-order valence-corrected chi connectivity index (χ0v) is 17.5. The van der Waals surface area contributed by atoms with E-state index in [1.807, 2.05) is 17.5 Å². The fourth-order valence-corrected chi connectivity index (χ4v) is 5.54. The topological polar surface area (TPSA) is 65.5 Å². The second-order valence-electron chi connectivity index (χ2n) is 8.47. The first-order valence-corrected chi connectivity index (χ1v) is 11.2. The number of hydrogen-bond donors (Lipinski definition) is 2. The van der Waals surface area contributed by atoms with Crippen molar-refractivity contribution in [3.05, 3.63) is 52.2 Å². The molecule has 1 aliphatic heterocycles. The number of piperidine rings is 1. The summed E-state index contributed by atoms with van der Waals surface area (Å²) in [5.41, 5.74) is -0.458. The van der Waals surface area contributed by atoms with Crippen LogP contribution in [0, 0.1) is 11.7 Å². The lowest BCUT2D eigenvalue weighted by atomic mass is 9.81. The van der Waals surface area contributed by atoms with Gasteiger partial charge in [-0.2, -0.15) is 0 Å². The number of pyridine rings is 1. The average Bonchev–Trinajstić information content (AvgIpc) is 3.40. The van der Waals surface area contributed by atoms with Gasteiger partial charge in [-0.15, -0.1) is 11.3 Å². The smallest absolute Gasteiger partial charge is 0.223 e. The number of halogens is 1. The fourth-order valence-electron chi connectivity index (χ4n) is 4.64. The summed E-state index contributed by atoms with van der Waals surface area (Å²) in [6, 6.07) is 5.04. The summed E-state index contributed by atoms with van der Waals surface area (Å²) in [5, 5.41) is 16.4. The van der Waals surface area contributed by atoms with Crippen molar-refractivity contribution in [3.8, 4) is 0 Å². The Hall–Kier alpha value is -1.83. The maximum Gasteiger partial charge on any atom is 0.223 e. The molecule has 1 saturated carbocycles. The highest BCUT2D eigenvalue weighted by molar-refractivity contribution is 7.10. The van der Waals surface area contributed by atoms with Gasteiger partial charge in [-0.3, -0.25) is 14.7 Å². The number of amides is 1. The van der Waals surface area contributed by atoms with E-state index < -0.39 is 11.6 Å². The van der Waals surface area contributed by atoms with Crippen LogP contribution in [-0.4, -0.2) is 39.1 Å². The van der Waals surface area contributed by atoms with Crippen molar-refractivity contribution in [1.29, 1.82) is 0 Å². The number of likely N-dealkylation sites (tertiary alicyclic amines) is 1. The van der Waals surface area contributed by atoms with E-state index in [1.165, 1.54) is 6.20 Å². The van der Waals surface area contributed by atoms with E-state index in [9.17, 15) is 14.3 Å². The molecule has 5 nitrogen and oxygen atoms in total. The SMILES string of the molecule is C[C@@]1(O)CCN(Cc2ccncc2F)[C@@H](c2cccs2)[C@@H]1NC(=O)C1CCCC1. The van der Waals surface area contributed by atoms with Crippen molar-refractivity contribution < 1.29 is 14.3 Å². The summed E-state index contributed by atoms with van der Waals surface area (Å²) in [4.78, 5) is 20.0. The third-order valence-corrected chi connectivity index (χ3v) is 7.32. The number of nitrogens with one attached hydrogen (secondary N) is 1. The van der Waals surface area contributed by atoms with E-state index in [0.29, 0.717) is 25.1 Å². The first-order chi connectivity index (χ1) is 14.0. The van der Waals surface area contributed by atoms with Crippen molar-refractivity contribution in [3.63, 3.8) is 0 Å². The van der Waals surface area contributed by atoms with Gasteiger partial charge in [0, 0.05) is 35.6 Å². The standard InChI is InChI=1S/C22H28FN3O2S/c1-22(28)9-11-26(14-16-8-10-24-13-17(16)23)19(18-7-4-12-29-18)20(22)25-21(27)15-5-2-3-6-15/h4,7-8,10,12-13,15,19-20,28H,2-3,5-6,9,11,14H2,1H3,(H,25,27)/t19-,20-,22+/m0/s1. The average molecular weight is 418 g/mol. The molecular weight excluding hydrogens is 389 g/mol. The highest BCUT2D eigenvalue weighted by atomic mass is 32.1. The van der Waals surface area contributed by atoms with Gasteiger partial charge >= 0.3 is 0 Å². The lowest BCUT2D eigenvalue weighted by Gasteiger charge is -2.49. The Kier molecular flexibility index (Phi) is 5.99. The van der Waals surface area contributed by atoms with Gasteiger partial charge in [-0.05, 0) is 43.7 Å². The van der Waals surface area contributed by atoms with E-state index in [4.69, 9.17) is 0 Å². The first kappa shape index (κ1) is 20.4. The van der Waals surface area contributed by atoms with Crippen molar-refractivity contribution in [2.45, 2.75) is 63.3 Å². The maximum absolute atomic E-state index is 14.3. The van der Waals surface area contributed by atoms with Crippen LogP contribution in [0.15, 0.2) is 36.0 Å². The second-order valence-corrected chi connectivity index (χ2v) is 9.45. The van der Waals surface area contributed by atoms with E-state index in [0.717, 1.165) is 30.6 Å². The van der Waals surface area contributed by atoms with Crippen molar-refractivity contribution in [1.82, 2.24) is 15.2 Å². The summed E-state index contributed by atoms with van der Waals surface area (Å²) in [7, 11) is 0. The molecular formula is C22H28FN3O2S. The molecule has 2 aromatic heterocycles. The quantitative estimate of drug-likeness (QED) is 0.779. The molecule has 0 spiro atoms. The minimum absolute atomic E-state index is 0.0304. The highest BCUT2D eigenvalue weighted by Gasteiger charge is 2.47. The summed E-state index contributed by atoms with van der Waals surface area (Å²) < 4.78 is 14.3. The molecule has 0 unspecified atom stereocenters. The van der Waals surface area contributed by atoms with Crippen molar-refractivity contribution in [2.75, 3.05) is 6.54 Å². The van der Waals surface area contributed by atoms with Crippen LogP contribution in [0.25, 0.3) is 0 Å². The van der Waals surface area contributed by atoms with Crippen LogP contribution >= 0.6 is 11.3 Å². The predicted octanol–water partition coefficient (Wildman–Crippen LogP) is 3.66. The molecule has 2 aliphatic rings. The zero-order chi connectivity index (χ0) is 20.4. The van der Waals surface area contributed by atoms with E-state index >= 15 is 0 Å². The molecule has 0 aromatic carbocycles. The minimum atomic E-state index is -1.03. The normalized spacial score (nSPS) is 28.5. The van der Waals surface area contributed by atoms with Crippen LogP contribution in [0.1, 0.15) is 55.5 Å². The van der Waals surface area contributed by atoms with Crippen LogP contribution < -0.4 is 5.32 Å². The fraction of sp³-hybridized carbons (Fsp3) is 0.545. The molecule has 2 fully saturated rings. The number of carbonyl (C=O) groups is 1. The van der Waals surface area contributed by atoms with Crippen molar-refractivity contribution >= 4 is 17.2 Å². The number of rotatable bonds is 5. The van der Waals surface area contributed by atoms with Gasteiger partial charge in [0.1, 0.15) is 5.82 Å². The Labute approximate surface area is 175 Å². The summed E-state index contributed by atoms with van der Waals surface area (Å²) >= 11 is 1.60. The Morgan fingerprint density at radius 3 is 2.90 bits per heavy atom. The molecule has 156 valence electrons. The third kappa shape index (κ3) is 4.37. The predicted molar refractivity (Wildman–Crippen MR) is 111 cm³/mol.